The van der Waals surface area contributed by atoms with Crippen molar-refractivity contribution in [3.63, 3.8) is 0 Å². The van der Waals surface area contributed by atoms with E-state index in [1.54, 1.807) is 7.11 Å². The van der Waals surface area contributed by atoms with Gasteiger partial charge in [-0.3, -0.25) is 4.40 Å². The van der Waals surface area contributed by atoms with Crippen molar-refractivity contribution in [3.8, 4) is 5.75 Å². The Morgan fingerprint density at radius 2 is 2.11 bits per heavy atom. The molecule has 5 heteroatoms. The van der Waals surface area contributed by atoms with Crippen LogP contribution in [0.3, 0.4) is 0 Å². The molecule has 0 aliphatic heterocycles. The van der Waals surface area contributed by atoms with Gasteiger partial charge in [0.05, 0.1) is 18.3 Å². The van der Waals surface area contributed by atoms with Crippen LogP contribution in [0.25, 0.3) is 16.7 Å². The van der Waals surface area contributed by atoms with Gasteiger partial charge in [0.1, 0.15) is 17.1 Å². The zero-order chi connectivity index (χ0) is 13.4. The molecule has 0 aliphatic rings. The fraction of sp³-hybridized carbons (Fsp3) is 0.357. The molecule has 0 bridgehead atoms. The number of hydrogen-bond donors (Lipinski definition) is 0. The van der Waals surface area contributed by atoms with E-state index >= 15 is 0 Å². The lowest BCUT2D eigenvalue weighted by Gasteiger charge is -2.05. The van der Waals surface area contributed by atoms with Crippen LogP contribution in [-0.2, 0) is 6.42 Å². The summed E-state index contributed by atoms with van der Waals surface area (Å²) >= 11 is 0. The van der Waals surface area contributed by atoms with Crippen molar-refractivity contribution in [2.24, 2.45) is 0 Å². The molecule has 0 spiro atoms. The Balaban J connectivity index is 2.37. The molecule has 1 aromatic carbocycles. The van der Waals surface area contributed by atoms with E-state index in [1.165, 1.54) is 0 Å². The predicted molar refractivity (Wildman–Crippen MR) is 73.6 cm³/mol. The maximum atomic E-state index is 5.22. The van der Waals surface area contributed by atoms with Gasteiger partial charge >= 0.3 is 0 Å². The molecular weight excluding hydrogens is 240 g/mol. The molecule has 0 saturated heterocycles. The summed E-state index contributed by atoms with van der Waals surface area (Å²) in [5, 5.41) is 8.54. The van der Waals surface area contributed by atoms with Crippen LogP contribution in [-0.4, -0.2) is 26.7 Å². The van der Waals surface area contributed by atoms with E-state index in [0.29, 0.717) is 0 Å². The normalized spacial score (nSPS) is 11.3. The van der Waals surface area contributed by atoms with Crippen molar-refractivity contribution in [1.82, 2.24) is 19.6 Å². The zero-order valence-corrected chi connectivity index (χ0v) is 11.3. The summed E-state index contributed by atoms with van der Waals surface area (Å²) in [4.78, 5) is 4.60. The number of hydrogen-bond acceptors (Lipinski definition) is 4. The molecule has 0 radical (unpaired) electrons. The number of fused-ring (bicyclic) bond motifs is 3. The SMILES string of the molecule is CCCc1nc(C)c2nnc3cc(OC)ccc3n12. The van der Waals surface area contributed by atoms with Crippen LogP contribution in [0.2, 0.25) is 0 Å². The summed E-state index contributed by atoms with van der Waals surface area (Å²) < 4.78 is 7.32. The second-order valence-electron chi connectivity index (χ2n) is 4.58. The second-order valence-corrected chi connectivity index (χ2v) is 4.58. The Morgan fingerprint density at radius 3 is 2.84 bits per heavy atom. The number of benzene rings is 1. The number of ether oxygens (including phenoxy) is 1. The van der Waals surface area contributed by atoms with E-state index in [2.05, 4.69) is 26.5 Å². The Labute approximate surface area is 111 Å². The maximum Gasteiger partial charge on any atom is 0.182 e. The van der Waals surface area contributed by atoms with E-state index in [4.69, 9.17) is 4.74 Å². The van der Waals surface area contributed by atoms with Gasteiger partial charge in [0.25, 0.3) is 0 Å². The molecular formula is C14H16N4O. The molecule has 0 saturated carbocycles. The highest BCUT2D eigenvalue weighted by Crippen LogP contribution is 2.22. The molecule has 0 aliphatic carbocycles. The summed E-state index contributed by atoms with van der Waals surface area (Å²) in [5.74, 6) is 1.83. The molecule has 3 rings (SSSR count). The van der Waals surface area contributed by atoms with Gasteiger partial charge in [-0.2, -0.15) is 0 Å². The van der Waals surface area contributed by atoms with Crippen LogP contribution in [0.4, 0.5) is 0 Å². The number of rotatable bonds is 3. The zero-order valence-electron chi connectivity index (χ0n) is 11.3. The van der Waals surface area contributed by atoms with Crippen LogP contribution in [0.1, 0.15) is 24.9 Å². The summed E-state index contributed by atoms with van der Waals surface area (Å²) in [5.41, 5.74) is 3.60. The minimum atomic E-state index is 0.787. The van der Waals surface area contributed by atoms with E-state index < -0.39 is 0 Å². The Kier molecular flexibility index (Phi) is 2.81. The van der Waals surface area contributed by atoms with E-state index in [9.17, 15) is 0 Å². The molecule has 2 aromatic heterocycles. The van der Waals surface area contributed by atoms with Gasteiger partial charge in [-0.15, -0.1) is 10.2 Å². The van der Waals surface area contributed by atoms with Gasteiger partial charge in [0, 0.05) is 12.5 Å². The number of nitrogens with zero attached hydrogens (tertiary/aromatic N) is 4. The van der Waals surface area contributed by atoms with E-state index in [-0.39, 0.29) is 0 Å². The first kappa shape index (κ1) is 11.9. The highest BCUT2D eigenvalue weighted by atomic mass is 16.5. The van der Waals surface area contributed by atoms with Crippen LogP contribution < -0.4 is 4.74 Å². The van der Waals surface area contributed by atoms with Crippen molar-refractivity contribution in [2.75, 3.05) is 7.11 Å². The quantitative estimate of drug-likeness (QED) is 0.722. The van der Waals surface area contributed by atoms with Crippen molar-refractivity contribution >= 4 is 16.7 Å². The van der Waals surface area contributed by atoms with Crippen LogP contribution in [0.15, 0.2) is 18.2 Å². The van der Waals surface area contributed by atoms with Gasteiger partial charge in [0.2, 0.25) is 0 Å². The first-order chi connectivity index (χ1) is 9.24. The van der Waals surface area contributed by atoms with E-state index in [1.807, 2.05) is 25.1 Å². The molecule has 19 heavy (non-hydrogen) atoms. The topological polar surface area (TPSA) is 52.3 Å². The highest BCUT2D eigenvalue weighted by molar-refractivity contribution is 5.78. The molecule has 0 unspecified atom stereocenters. The Morgan fingerprint density at radius 1 is 1.26 bits per heavy atom. The summed E-state index contributed by atoms with van der Waals surface area (Å²) in [6.07, 6.45) is 1.99. The standard InChI is InChI=1S/C14H16N4O/c1-4-5-13-15-9(2)14-17-16-11-8-10(19-3)6-7-12(11)18(13)14/h6-8H,4-5H2,1-3H3. The first-order valence-electron chi connectivity index (χ1n) is 6.43. The second kappa shape index (κ2) is 4.50. The molecule has 0 amide bonds. The molecule has 0 fully saturated rings. The van der Waals surface area contributed by atoms with Gasteiger partial charge < -0.3 is 4.74 Å². The average molecular weight is 256 g/mol. The maximum absolute atomic E-state index is 5.22. The lowest BCUT2D eigenvalue weighted by Crippen LogP contribution is -2.00. The summed E-state index contributed by atoms with van der Waals surface area (Å²) in [6, 6.07) is 5.84. The smallest absolute Gasteiger partial charge is 0.182 e. The Bertz CT molecular complexity index is 748. The van der Waals surface area contributed by atoms with Crippen molar-refractivity contribution < 1.29 is 4.74 Å². The lowest BCUT2D eigenvalue weighted by atomic mass is 10.2. The van der Waals surface area contributed by atoms with Crippen molar-refractivity contribution in [2.45, 2.75) is 26.7 Å². The van der Waals surface area contributed by atoms with Crippen molar-refractivity contribution in [1.29, 1.82) is 0 Å². The van der Waals surface area contributed by atoms with Crippen molar-refractivity contribution in [3.05, 3.63) is 29.7 Å². The summed E-state index contributed by atoms with van der Waals surface area (Å²) in [6.45, 7) is 4.12. The van der Waals surface area contributed by atoms with Gasteiger partial charge in [-0.25, -0.2) is 4.98 Å². The monoisotopic (exact) mass is 256 g/mol. The van der Waals surface area contributed by atoms with Gasteiger partial charge in [0.15, 0.2) is 5.65 Å². The third-order valence-electron chi connectivity index (χ3n) is 3.24. The Hall–Kier alpha value is -2.17. The first-order valence-corrected chi connectivity index (χ1v) is 6.43. The van der Waals surface area contributed by atoms with Crippen LogP contribution in [0, 0.1) is 6.92 Å². The van der Waals surface area contributed by atoms with Crippen LogP contribution in [0.5, 0.6) is 5.75 Å². The fourth-order valence-electron chi connectivity index (χ4n) is 2.34. The molecule has 3 aromatic rings. The largest absolute Gasteiger partial charge is 0.497 e. The molecule has 0 atom stereocenters. The van der Waals surface area contributed by atoms with Gasteiger partial charge in [-0.1, -0.05) is 6.92 Å². The minimum absolute atomic E-state index is 0.787. The lowest BCUT2D eigenvalue weighted by molar-refractivity contribution is 0.415. The molecule has 98 valence electrons. The third kappa shape index (κ3) is 1.82. The third-order valence-corrected chi connectivity index (χ3v) is 3.24. The fourth-order valence-corrected chi connectivity index (χ4v) is 2.34. The van der Waals surface area contributed by atoms with E-state index in [0.717, 1.165) is 46.8 Å². The minimum Gasteiger partial charge on any atom is -0.497 e. The van der Waals surface area contributed by atoms with Crippen LogP contribution >= 0.6 is 0 Å². The number of imidazole rings is 1. The number of aryl methyl sites for hydroxylation is 2. The number of aromatic nitrogens is 4. The average Bonchev–Trinajstić information content (AvgIpc) is 2.75. The number of methoxy groups -OCH3 is 1. The highest BCUT2D eigenvalue weighted by Gasteiger charge is 2.12. The summed E-state index contributed by atoms with van der Waals surface area (Å²) in [7, 11) is 1.65. The molecule has 5 nitrogen and oxygen atoms in total. The predicted octanol–water partition coefficient (Wildman–Crippen LogP) is 2.55. The molecule has 0 N–H and O–H groups in total. The van der Waals surface area contributed by atoms with Gasteiger partial charge in [-0.05, 0) is 25.5 Å². The molecule has 2 heterocycles.